The molecule has 0 atom stereocenters. The van der Waals surface area contributed by atoms with E-state index < -0.39 is 0 Å². The smallest absolute Gasteiger partial charge is 0.246 e. The minimum Gasteiger partial charge on any atom is -0.384 e. The first kappa shape index (κ1) is 19.5. The molecule has 0 bridgehead atoms. The van der Waals surface area contributed by atoms with Gasteiger partial charge in [-0.1, -0.05) is 36.4 Å². The second-order valence-corrected chi connectivity index (χ2v) is 7.37. The molecule has 4 rings (SSSR count). The molecular weight excluding hydrogens is 372 g/mol. The van der Waals surface area contributed by atoms with Crippen molar-refractivity contribution in [1.82, 2.24) is 14.5 Å². The van der Waals surface area contributed by atoms with Gasteiger partial charge in [-0.05, 0) is 58.5 Å². The van der Waals surface area contributed by atoms with E-state index in [-0.39, 0.29) is 5.91 Å². The molecule has 0 saturated heterocycles. The van der Waals surface area contributed by atoms with Crippen molar-refractivity contribution < 1.29 is 4.79 Å². The van der Waals surface area contributed by atoms with Gasteiger partial charge in [-0.2, -0.15) is 0 Å². The van der Waals surface area contributed by atoms with Crippen LogP contribution in [0.4, 0.5) is 5.82 Å². The first-order valence-electron chi connectivity index (χ1n) is 9.85. The van der Waals surface area contributed by atoms with Crippen LogP contribution in [-0.2, 0) is 17.9 Å². The van der Waals surface area contributed by atoms with Crippen molar-refractivity contribution in [3.05, 3.63) is 102 Å². The van der Waals surface area contributed by atoms with E-state index in [1.54, 1.807) is 36.4 Å². The first-order chi connectivity index (χ1) is 14.6. The number of likely N-dealkylation sites (N-methyl/N-ethyl adjacent to an activating group) is 1. The molecule has 0 aliphatic carbocycles. The highest BCUT2D eigenvalue weighted by atomic mass is 16.2. The summed E-state index contributed by atoms with van der Waals surface area (Å²) in [5, 5.41) is 1.17. The van der Waals surface area contributed by atoms with Crippen molar-refractivity contribution in [2.75, 3.05) is 12.8 Å². The average Bonchev–Trinajstić information content (AvgIpc) is 3.15. The Morgan fingerprint density at radius 3 is 2.67 bits per heavy atom. The van der Waals surface area contributed by atoms with E-state index in [1.807, 2.05) is 12.1 Å². The van der Waals surface area contributed by atoms with Gasteiger partial charge in [-0.15, -0.1) is 0 Å². The molecule has 0 saturated carbocycles. The van der Waals surface area contributed by atoms with Gasteiger partial charge in [-0.3, -0.25) is 4.79 Å². The maximum Gasteiger partial charge on any atom is 0.246 e. The number of carbonyl (C=O) groups excluding carboxylic acids is 1. The molecule has 2 N–H and O–H groups in total. The Morgan fingerprint density at radius 2 is 1.90 bits per heavy atom. The predicted octanol–water partition coefficient (Wildman–Crippen LogP) is 4.34. The lowest BCUT2D eigenvalue weighted by Gasteiger charge is -2.15. The number of nitrogens with zero attached hydrogens (tertiary/aromatic N) is 3. The predicted molar refractivity (Wildman–Crippen MR) is 122 cm³/mol. The topological polar surface area (TPSA) is 64.2 Å². The van der Waals surface area contributed by atoms with Crippen molar-refractivity contribution >= 4 is 28.7 Å². The summed E-state index contributed by atoms with van der Waals surface area (Å²) >= 11 is 0. The van der Waals surface area contributed by atoms with E-state index in [1.165, 1.54) is 16.5 Å². The number of rotatable bonds is 6. The van der Waals surface area contributed by atoms with E-state index in [0.29, 0.717) is 12.4 Å². The Hall–Kier alpha value is -3.86. The van der Waals surface area contributed by atoms with Gasteiger partial charge >= 0.3 is 0 Å². The minimum atomic E-state index is -0.0615. The summed E-state index contributed by atoms with van der Waals surface area (Å²) in [6.45, 7) is 1.38. The molecule has 0 unspecified atom stereocenters. The number of carbonyl (C=O) groups is 1. The fraction of sp³-hybridized carbons (Fsp3) is 0.120. The SMILES string of the molecule is CN(Cc1ccc2c(ccn2Cc2ccccc2)c1)C(=O)C=Cc1ccc(N)nc1. The minimum absolute atomic E-state index is 0.0615. The maximum absolute atomic E-state index is 12.4. The summed E-state index contributed by atoms with van der Waals surface area (Å²) in [5.41, 5.74) is 9.98. The summed E-state index contributed by atoms with van der Waals surface area (Å²) in [4.78, 5) is 18.2. The molecule has 5 heteroatoms. The van der Waals surface area contributed by atoms with E-state index in [4.69, 9.17) is 5.73 Å². The van der Waals surface area contributed by atoms with Crippen LogP contribution in [0.15, 0.2) is 85.2 Å². The second-order valence-electron chi connectivity index (χ2n) is 7.37. The lowest BCUT2D eigenvalue weighted by molar-refractivity contribution is -0.125. The molecular formula is C25H24N4O. The molecule has 150 valence electrons. The first-order valence-corrected chi connectivity index (χ1v) is 9.85. The third kappa shape index (κ3) is 4.58. The Morgan fingerprint density at radius 1 is 1.07 bits per heavy atom. The van der Waals surface area contributed by atoms with Gasteiger partial charge in [-0.25, -0.2) is 4.98 Å². The largest absolute Gasteiger partial charge is 0.384 e. The summed E-state index contributed by atoms with van der Waals surface area (Å²) in [7, 11) is 1.80. The van der Waals surface area contributed by atoms with Gasteiger partial charge in [0.2, 0.25) is 5.91 Å². The zero-order valence-electron chi connectivity index (χ0n) is 16.9. The molecule has 1 amide bonds. The number of anilines is 1. The number of hydrogen-bond donors (Lipinski definition) is 1. The molecule has 0 spiro atoms. The monoisotopic (exact) mass is 396 g/mol. The molecule has 2 aromatic carbocycles. The number of nitrogens with two attached hydrogens (primary N) is 1. The van der Waals surface area contributed by atoms with E-state index >= 15 is 0 Å². The number of hydrogen-bond acceptors (Lipinski definition) is 3. The van der Waals surface area contributed by atoms with Crippen molar-refractivity contribution in [2.24, 2.45) is 0 Å². The third-order valence-corrected chi connectivity index (χ3v) is 5.05. The maximum atomic E-state index is 12.4. The number of aromatic nitrogens is 2. The zero-order valence-corrected chi connectivity index (χ0v) is 16.9. The van der Waals surface area contributed by atoms with Crippen LogP contribution in [0.25, 0.3) is 17.0 Å². The van der Waals surface area contributed by atoms with Crippen LogP contribution in [0, 0.1) is 0 Å². The van der Waals surface area contributed by atoms with Gasteiger partial charge in [0.05, 0.1) is 0 Å². The van der Waals surface area contributed by atoms with Gasteiger partial charge in [0.25, 0.3) is 0 Å². The molecule has 30 heavy (non-hydrogen) atoms. The number of pyridine rings is 1. The van der Waals surface area contributed by atoms with Crippen molar-refractivity contribution in [1.29, 1.82) is 0 Å². The van der Waals surface area contributed by atoms with Crippen molar-refractivity contribution in [2.45, 2.75) is 13.1 Å². The summed E-state index contributed by atoms with van der Waals surface area (Å²) in [5.74, 6) is 0.400. The van der Waals surface area contributed by atoms with Gasteiger partial charge in [0.15, 0.2) is 0 Å². The molecule has 4 aromatic rings. The Bertz CT molecular complexity index is 1180. The molecule has 0 aliphatic rings. The highest BCUT2D eigenvalue weighted by Crippen LogP contribution is 2.20. The lowest BCUT2D eigenvalue weighted by atomic mass is 10.1. The Balaban J connectivity index is 1.43. The Labute approximate surface area is 176 Å². The molecule has 0 radical (unpaired) electrons. The molecule has 2 aromatic heterocycles. The highest BCUT2D eigenvalue weighted by Gasteiger charge is 2.08. The molecule has 2 heterocycles. The van der Waals surface area contributed by atoms with Crippen LogP contribution < -0.4 is 5.73 Å². The van der Waals surface area contributed by atoms with Crippen molar-refractivity contribution in [3.63, 3.8) is 0 Å². The molecule has 0 aliphatic heterocycles. The molecule has 5 nitrogen and oxygen atoms in total. The molecule has 0 fully saturated rings. The van der Waals surface area contributed by atoms with Crippen LogP contribution >= 0.6 is 0 Å². The van der Waals surface area contributed by atoms with E-state index in [2.05, 4.69) is 64.3 Å². The quantitative estimate of drug-likeness (QED) is 0.493. The van der Waals surface area contributed by atoms with Crippen LogP contribution in [-0.4, -0.2) is 27.4 Å². The highest BCUT2D eigenvalue weighted by molar-refractivity contribution is 5.91. The normalized spacial score (nSPS) is 11.2. The van der Waals surface area contributed by atoms with Crippen molar-refractivity contribution in [3.8, 4) is 0 Å². The number of nitrogen functional groups attached to an aromatic ring is 1. The van der Waals surface area contributed by atoms with Crippen LogP contribution in [0.3, 0.4) is 0 Å². The van der Waals surface area contributed by atoms with Gasteiger partial charge in [0.1, 0.15) is 5.82 Å². The number of amides is 1. The fourth-order valence-corrected chi connectivity index (χ4v) is 3.43. The second kappa shape index (κ2) is 8.66. The Kier molecular flexibility index (Phi) is 5.61. The number of benzene rings is 2. The average molecular weight is 396 g/mol. The summed E-state index contributed by atoms with van der Waals surface area (Å²) < 4.78 is 2.24. The third-order valence-electron chi connectivity index (χ3n) is 5.05. The van der Waals surface area contributed by atoms with Gasteiger partial charge < -0.3 is 15.2 Å². The van der Waals surface area contributed by atoms with Crippen LogP contribution in [0.1, 0.15) is 16.7 Å². The van der Waals surface area contributed by atoms with E-state index in [0.717, 1.165) is 17.7 Å². The number of fused-ring (bicyclic) bond motifs is 1. The lowest BCUT2D eigenvalue weighted by Crippen LogP contribution is -2.24. The summed E-state index contributed by atoms with van der Waals surface area (Å²) in [6, 6.07) is 22.4. The standard InChI is InChI=1S/C25H24N4O/c1-28(25(30)12-9-19-8-11-24(26)27-16-19)17-21-7-10-23-22(15-21)13-14-29(23)18-20-5-3-2-4-6-20/h2-16H,17-18H2,1H3,(H2,26,27). The van der Waals surface area contributed by atoms with E-state index in [9.17, 15) is 4.79 Å². The zero-order chi connectivity index (χ0) is 20.9. The van der Waals surface area contributed by atoms with Gasteiger partial charge in [0, 0.05) is 44.1 Å². The van der Waals surface area contributed by atoms with Crippen LogP contribution in [0.2, 0.25) is 0 Å². The summed E-state index contributed by atoms with van der Waals surface area (Å²) in [6.07, 6.45) is 7.06. The van der Waals surface area contributed by atoms with Crippen LogP contribution in [0.5, 0.6) is 0 Å². The fourth-order valence-electron chi connectivity index (χ4n) is 3.43.